The Morgan fingerprint density at radius 2 is 2.06 bits per heavy atom. The number of nitrogens with two attached hydrogens (primary N) is 1. The second kappa shape index (κ2) is 8.23. The standard InChI is InChI=1S/C23H23F2N5O2/c1-23(2,25)22-27-8-6-13(28-22)11-30-9-7-14-15(20-16(24)4-3-5-19(20)31)10-17(21(26)32)29-18(14)12-30/h3-6,8,10,31H,7,9,11-12H2,1-2H3,(H2,26,32). The van der Waals surface area contributed by atoms with Crippen LogP contribution in [0.4, 0.5) is 8.78 Å². The Hall–Kier alpha value is -3.46. The van der Waals surface area contributed by atoms with Crippen LogP contribution in [-0.2, 0) is 25.2 Å². The minimum absolute atomic E-state index is 0.00763. The number of hydrogen-bond acceptors (Lipinski definition) is 6. The van der Waals surface area contributed by atoms with E-state index in [-0.39, 0.29) is 22.8 Å². The summed E-state index contributed by atoms with van der Waals surface area (Å²) in [7, 11) is 0. The molecule has 3 heterocycles. The summed E-state index contributed by atoms with van der Waals surface area (Å²) in [6.07, 6.45) is 2.04. The van der Waals surface area contributed by atoms with Gasteiger partial charge in [-0.3, -0.25) is 9.69 Å². The van der Waals surface area contributed by atoms with Crippen molar-refractivity contribution in [1.82, 2.24) is 19.9 Å². The third-order valence-electron chi connectivity index (χ3n) is 5.41. The van der Waals surface area contributed by atoms with Gasteiger partial charge in [0.2, 0.25) is 0 Å². The van der Waals surface area contributed by atoms with Crippen molar-refractivity contribution in [2.24, 2.45) is 5.73 Å². The third-order valence-corrected chi connectivity index (χ3v) is 5.41. The van der Waals surface area contributed by atoms with Gasteiger partial charge in [0, 0.05) is 25.8 Å². The fourth-order valence-electron chi connectivity index (χ4n) is 3.86. The summed E-state index contributed by atoms with van der Waals surface area (Å²) < 4.78 is 28.8. The molecule has 4 rings (SSSR count). The van der Waals surface area contributed by atoms with Crippen LogP contribution in [0.5, 0.6) is 5.75 Å². The molecule has 3 N–H and O–H groups in total. The van der Waals surface area contributed by atoms with Gasteiger partial charge in [-0.05, 0) is 55.7 Å². The molecule has 9 heteroatoms. The number of rotatable bonds is 5. The second-order valence-electron chi connectivity index (χ2n) is 8.28. The maximum absolute atomic E-state index is 14.6. The van der Waals surface area contributed by atoms with Crippen LogP contribution in [-0.4, -0.2) is 37.4 Å². The van der Waals surface area contributed by atoms with E-state index < -0.39 is 17.4 Å². The van der Waals surface area contributed by atoms with Crippen molar-refractivity contribution in [2.45, 2.75) is 39.0 Å². The lowest BCUT2D eigenvalue weighted by molar-refractivity contribution is 0.0994. The van der Waals surface area contributed by atoms with Crippen molar-refractivity contribution >= 4 is 5.91 Å². The largest absolute Gasteiger partial charge is 0.507 e. The first-order valence-corrected chi connectivity index (χ1v) is 10.2. The Morgan fingerprint density at radius 3 is 2.75 bits per heavy atom. The first-order valence-electron chi connectivity index (χ1n) is 10.2. The Morgan fingerprint density at radius 1 is 1.28 bits per heavy atom. The molecule has 0 bridgehead atoms. The molecular formula is C23H23F2N5O2. The lowest BCUT2D eigenvalue weighted by atomic mass is 9.92. The van der Waals surface area contributed by atoms with E-state index in [0.29, 0.717) is 43.0 Å². The van der Waals surface area contributed by atoms with Crippen LogP contribution < -0.4 is 5.73 Å². The van der Waals surface area contributed by atoms with Gasteiger partial charge < -0.3 is 10.8 Å². The SMILES string of the molecule is CC(C)(F)c1nccc(CN2CCc3c(-c4c(O)cccc4F)cc(C(N)=O)nc3C2)n1. The van der Waals surface area contributed by atoms with E-state index in [4.69, 9.17) is 5.73 Å². The smallest absolute Gasteiger partial charge is 0.267 e. The second-order valence-corrected chi connectivity index (χ2v) is 8.28. The number of halogens is 2. The van der Waals surface area contributed by atoms with Gasteiger partial charge in [-0.15, -0.1) is 0 Å². The maximum atomic E-state index is 14.6. The van der Waals surface area contributed by atoms with Gasteiger partial charge in [0.25, 0.3) is 5.91 Å². The van der Waals surface area contributed by atoms with E-state index >= 15 is 0 Å². The van der Waals surface area contributed by atoms with Gasteiger partial charge in [0.05, 0.1) is 17.0 Å². The number of carbonyl (C=O) groups is 1. The average Bonchev–Trinajstić information content (AvgIpc) is 2.72. The highest BCUT2D eigenvalue weighted by Gasteiger charge is 2.27. The van der Waals surface area contributed by atoms with E-state index in [1.165, 1.54) is 44.3 Å². The highest BCUT2D eigenvalue weighted by Crippen LogP contribution is 2.37. The number of pyridine rings is 1. The third kappa shape index (κ3) is 4.29. The number of aromatic nitrogens is 3. The molecule has 0 spiro atoms. The fourth-order valence-corrected chi connectivity index (χ4v) is 3.86. The Kier molecular flexibility index (Phi) is 5.60. The molecule has 0 unspecified atom stereocenters. The van der Waals surface area contributed by atoms with E-state index in [0.717, 1.165) is 5.56 Å². The summed E-state index contributed by atoms with van der Waals surface area (Å²) in [5.74, 6) is -1.45. The molecule has 1 aliphatic rings. The topological polar surface area (TPSA) is 105 Å². The van der Waals surface area contributed by atoms with Crippen molar-refractivity contribution in [3.05, 3.63) is 70.8 Å². The molecule has 7 nitrogen and oxygen atoms in total. The number of fused-ring (bicyclic) bond motifs is 1. The van der Waals surface area contributed by atoms with Crippen LogP contribution in [0.25, 0.3) is 11.1 Å². The summed E-state index contributed by atoms with van der Waals surface area (Å²) >= 11 is 0. The van der Waals surface area contributed by atoms with Gasteiger partial charge in [0.1, 0.15) is 17.3 Å². The van der Waals surface area contributed by atoms with Crippen molar-refractivity contribution in [3.63, 3.8) is 0 Å². The number of benzene rings is 1. The molecular weight excluding hydrogens is 416 g/mol. The van der Waals surface area contributed by atoms with Crippen molar-refractivity contribution in [1.29, 1.82) is 0 Å². The number of alkyl halides is 1. The van der Waals surface area contributed by atoms with Crippen LogP contribution in [0.15, 0.2) is 36.5 Å². The molecule has 0 fully saturated rings. The minimum atomic E-state index is -1.65. The van der Waals surface area contributed by atoms with Gasteiger partial charge in [-0.2, -0.15) is 0 Å². The number of amides is 1. The Balaban J connectivity index is 1.69. The molecule has 0 saturated heterocycles. The monoisotopic (exact) mass is 439 g/mol. The van der Waals surface area contributed by atoms with E-state index in [1.807, 2.05) is 4.90 Å². The summed E-state index contributed by atoms with van der Waals surface area (Å²) in [5, 5.41) is 10.3. The Labute approximate surface area is 184 Å². The summed E-state index contributed by atoms with van der Waals surface area (Å²) in [6.45, 7) is 4.19. The first-order chi connectivity index (χ1) is 15.1. The molecule has 1 aliphatic heterocycles. The van der Waals surface area contributed by atoms with Crippen LogP contribution in [0.1, 0.15) is 47.1 Å². The molecule has 0 aliphatic carbocycles. The van der Waals surface area contributed by atoms with Crippen molar-refractivity contribution in [2.75, 3.05) is 6.54 Å². The molecule has 0 saturated carbocycles. The average molecular weight is 439 g/mol. The molecule has 166 valence electrons. The predicted octanol–water partition coefficient (Wildman–Crippen LogP) is 3.25. The molecule has 1 amide bonds. The summed E-state index contributed by atoms with van der Waals surface area (Å²) in [4.78, 5) is 26.6. The number of phenols is 1. The zero-order valence-electron chi connectivity index (χ0n) is 17.8. The number of primary amides is 1. The lowest BCUT2D eigenvalue weighted by Crippen LogP contribution is -2.32. The molecule has 2 aromatic heterocycles. The quantitative estimate of drug-likeness (QED) is 0.632. The first kappa shape index (κ1) is 21.8. The van der Waals surface area contributed by atoms with Crippen molar-refractivity contribution < 1.29 is 18.7 Å². The van der Waals surface area contributed by atoms with E-state index in [9.17, 15) is 18.7 Å². The lowest BCUT2D eigenvalue weighted by Gasteiger charge is -2.30. The zero-order chi connectivity index (χ0) is 23.0. The van der Waals surface area contributed by atoms with E-state index in [1.54, 1.807) is 6.07 Å². The predicted molar refractivity (Wildman–Crippen MR) is 114 cm³/mol. The molecule has 0 radical (unpaired) electrons. The number of nitrogens with zero attached hydrogens (tertiary/aromatic N) is 4. The summed E-state index contributed by atoms with van der Waals surface area (Å²) in [6, 6.07) is 7.20. The number of aromatic hydroxyl groups is 1. The van der Waals surface area contributed by atoms with Crippen LogP contribution in [0.2, 0.25) is 0 Å². The van der Waals surface area contributed by atoms with Gasteiger partial charge in [-0.1, -0.05) is 6.07 Å². The fraction of sp³-hybridized carbons (Fsp3) is 0.304. The van der Waals surface area contributed by atoms with Crippen LogP contribution in [0.3, 0.4) is 0 Å². The number of carbonyl (C=O) groups excluding carboxylic acids is 1. The number of phenolic OH excluding ortho intramolecular Hbond substituents is 1. The minimum Gasteiger partial charge on any atom is -0.507 e. The van der Waals surface area contributed by atoms with Gasteiger partial charge in [-0.25, -0.2) is 23.7 Å². The number of hydrogen-bond donors (Lipinski definition) is 2. The highest BCUT2D eigenvalue weighted by molar-refractivity contribution is 5.93. The van der Waals surface area contributed by atoms with Gasteiger partial charge in [0.15, 0.2) is 11.5 Å². The van der Waals surface area contributed by atoms with Gasteiger partial charge >= 0.3 is 0 Å². The highest BCUT2D eigenvalue weighted by atomic mass is 19.1. The molecule has 0 atom stereocenters. The maximum Gasteiger partial charge on any atom is 0.267 e. The van der Waals surface area contributed by atoms with Crippen molar-refractivity contribution in [3.8, 4) is 16.9 Å². The molecule has 3 aromatic rings. The van der Waals surface area contributed by atoms with Crippen LogP contribution >= 0.6 is 0 Å². The van der Waals surface area contributed by atoms with Crippen LogP contribution in [0, 0.1) is 5.82 Å². The normalized spacial score (nSPS) is 14.2. The molecule has 32 heavy (non-hydrogen) atoms. The zero-order valence-corrected chi connectivity index (χ0v) is 17.8. The summed E-state index contributed by atoms with van der Waals surface area (Å²) in [5.41, 5.74) is 6.21. The molecule has 1 aromatic carbocycles. The Bertz CT molecular complexity index is 1170. The van der Waals surface area contributed by atoms with E-state index in [2.05, 4.69) is 15.0 Å².